The molecule has 2 N–H and O–H groups in total. The van der Waals surface area contributed by atoms with Crippen molar-refractivity contribution in [2.24, 2.45) is 4.99 Å². The summed E-state index contributed by atoms with van der Waals surface area (Å²) in [5, 5.41) is 14.4. The molecule has 0 aliphatic carbocycles. The molecule has 3 unspecified atom stereocenters. The van der Waals surface area contributed by atoms with Gasteiger partial charge in [-0.15, -0.1) is 11.3 Å². The molecule has 0 bridgehead atoms. The summed E-state index contributed by atoms with van der Waals surface area (Å²) in [4.78, 5) is 34.8. The first-order valence-corrected chi connectivity index (χ1v) is 12.3. The Bertz CT molecular complexity index is 1220. The molecule has 1 aromatic carbocycles. The van der Waals surface area contributed by atoms with Crippen molar-refractivity contribution in [2.75, 3.05) is 19.7 Å². The largest absolute Gasteiger partial charge is 0.478 e. The number of nitrogens with zero attached hydrogens (tertiary/aromatic N) is 3. The highest BCUT2D eigenvalue weighted by atomic mass is 79.9. The Labute approximate surface area is 212 Å². The maximum absolute atomic E-state index is 14.3. The Morgan fingerprint density at radius 1 is 1.43 bits per heavy atom. The van der Waals surface area contributed by atoms with E-state index in [1.54, 1.807) is 23.4 Å². The lowest BCUT2D eigenvalue weighted by atomic mass is 9.93. The molecule has 0 saturated carbocycles. The number of carboxylic acid groups (broad SMARTS) is 1. The molecule has 1 saturated heterocycles. The molecule has 3 heterocycles. The molecule has 8 nitrogen and oxygen atoms in total. The van der Waals surface area contributed by atoms with Crippen LogP contribution in [0.1, 0.15) is 23.5 Å². The number of ether oxygens (including phenoxy) is 1. The quantitative estimate of drug-likeness (QED) is 0.371. The summed E-state index contributed by atoms with van der Waals surface area (Å²) in [6, 6.07) is 2.49. The summed E-state index contributed by atoms with van der Waals surface area (Å²) in [6.45, 7) is 1.96. The van der Waals surface area contributed by atoms with E-state index in [2.05, 4.69) is 26.2 Å². The lowest BCUT2D eigenvalue weighted by Gasteiger charge is -2.43. The van der Waals surface area contributed by atoms with Crippen molar-refractivity contribution >= 4 is 45.0 Å². The monoisotopic (exact) mass is 566 g/mol. The number of nitrogens with one attached hydrogen (secondary N) is 1. The van der Waals surface area contributed by atoms with E-state index in [-0.39, 0.29) is 25.3 Å². The zero-order valence-corrected chi connectivity index (χ0v) is 20.9. The van der Waals surface area contributed by atoms with E-state index in [0.29, 0.717) is 26.6 Å². The summed E-state index contributed by atoms with van der Waals surface area (Å²) in [6.07, 6.45) is 2.56. The van der Waals surface area contributed by atoms with E-state index in [1.807, 2.05) is 0 Å². The minimum atomic E-state index is -1.24. The second-order valence-electron chi connectivity index (χ2n) is 7.75. The van der Waals surface area contributed by atoms with Crippen LogP contribution in [0.15, 0.2) is 62.7 Å². The Kier molecular flexibility index (Phi) is 7.72. The summed E-state index contributed by atoms with van der Waals surface area (Å²) < 4.78 is 33.8. The van der Waals surface area contributed by atoms with Gasteiger partial charge in [0.2, 0.25) is 0 Å². The van der Waals surface area contributed by atoms with Crippen LogP contribution in [0.5, 0.6) is 0 Å². The summed E-state index contributed by atoms with van der Waals surface area (Å²) >= 11 is 4.71. The third-order valence-corrected chi connectivity index (χ3v) is 6.98. The normalized spacial score (nSPS) is 22.5. The number of halogens is 3. The minimum absolute atomic E-state index is 0.0601. The number of alkyl halides is 1. The van der Waals surface area contributed by atoms with Crippen molar-refractivity contribution in [3.8, 4) is 0 Å². The fourth-order valence-corrected chi connectivity index (χ4v) is 5.06. The average molecular weight is 567 g/mol. The van der Waals surface area contributed by atoms with Gasteiger partial charge < -0.3 is 15.2 Å². The Morgan fingerprint density at radius 3 is 2.86 bits per heavy atom. The molecular weight excluding hydrogens is 546 g/mol. The Hall–Kier alpha value is -2.96. The highest BCUT2D eigenvalue weighted by Gasteiger charge is 2.41. The third kappa shape index (κ3) is 5.49. The van der Waals surface area contributed by atoms with E-state index in [0.717, 1.165) is 6.08 Å². The first-order valence-electron chi connectivity index (χ1n) is 10.7. The van der Waals surface area contributed by atoms with Gasteiger partial charge in [-0.05, 0) is 24.6 Å². The maximum atomic E-state index is 14.3. The van der Waals surface area contributed by atoms with Gasteiger partial charge >= 0.3 is 11.9 Å². The lowest BCUT2D eigenvalue weighted by molar-refractivity contribution is -0.139. The van der Waals surface area contributed by atoms with Crippen LogP contribution < -0.4 is 5.32 Å². The number of hydrogen-bond donors (Lipinski definition) is 2. The van der Waals surface area contributed by atoms with Crippen molar-refractivity contribution in [3.63, 3.8) is 0 Å². The van der Waals surface area contributed by atoms with Crippen LogP contribution in [0.2, 0.25) is 0 Å². The number of likely N-dealkylation sites (tertiary alicyclic amines) is 1. The Morgan fingerprint density at radius 2 is 2.23 bits per heavy atom. The van der Waals surface area contributed by atoms with Gasteiger partial charge in [-0.25, -0.2) is 23.4 Å². The Balaban J connectivity index is 1.79. The van der Waals surface area contributed by atoms with Gasteiger partial charge in [-0.3, -0.25) is 9.89 Å². The molecule has 1 fully saturated rings. The number of hydrogen-bond acceptors (Lipinski definition) is 8. The molecule has 1 aromatic heterocycles. The van der Waals surface area contributed by atoms with Crippen molar-refractivity contribution in [1.29, 1.82) is 0 Å². The smallest absolute Gasteiger partial charge is 0.338 e. The van der Waals surface area contributed by atoms with E-state index in [1.165, 1.54) is 35.6 Å². The van der Waals surface area contributed by atoms with Crippen LogP contribution in [-0.4, -0.2) is 64.7 Å². The number of carbonyl (C=O) groups is 2. The van der Waals surface area contributed by atoms with Crippen LogP contribution >= 0.6 is 27.3 Å². The molecule has 0 amide bonds. The van der Waals surface area contributed by atoms with E-state index in [9.17, 15) is 18.4 Å². The van der Waals surface area contributed by atoms with Crippen molar-refractivity contribution in [1.82, 2.24) is 15.2 Å². The number of esters is 1. The summed E-state index contributed by atoms with van der Waals surface area (Å²) in [5.41, 5.74) is 1.16. The van der Waals surface area contributed by atoms with Crippen LogP contribution in [-0.2, 0) is 14.3 Å². The molecule has 4 rings (SSSR count). The van der Waals surface area contributed by atoms with Gasteiger partial charge in [0, 0.05) is 40.9 Å². The second kappa shape index (κ2) is 10.8. The number of thiazole rings is 1. The zero-order valence-electron chi connectivity index (χ0n) is 18.5. The molecule has 184 valence electrons. The van der Waals surface area contributed by atoms with Crippen LogP contribution in [0, 0.1) is 5.82 Å². The van der Waals surface area contributed by atoms with Crippen LogP contribution in [0.3, 0.4) is 0 Å². The molecule has 3 atom stereocenters. The van der Waals surface area contributed by atoms with E-state index >= 15 is 0 Å². The molecule has 2 aliphatic heterocycles. The highest BCUT2D eigenvalue weighted by Crippen LogP contribution is 2.37. The number of aliphatic imine (C=N–C) groups is 1. The van der Waals surface area contributed by atoms with Gasteiger partial charge in [0.25, 0.3) is 0 Å². The number of carboxylic acids is 1. The average Bonchev–Trinajstić information content (AvgIpc) is 3.33. The molecule has 0 spiro atoms. The third-order valence-electron chi connectivity index (χ3n) is 5.51. The molecule has 0 radical (unpaired) electrons. The van der Waals surface area contributed by atoms with Gasteiger partial charge in [-0.1, -0.05) is 28.1 Å². The summed E-state index contributed by atoms with van der Waals surface area (Å²) in [5.74, 6) is -1.85. The maximum Gasteiger partial charge on any atom is 0.338 e. The number of benzene rings is 1. The SMILES string of the molecule is CCOC(=O)C1=C(CN2CC(F)C2/C=C/C(=O)O)NC(c2nccs2)=NC1c1ccc(F)cc1Br. The molecule has 12 heteroatoms. The van der Waals surface area contributed by atoms with Gasteiger partial charge in [-0.2, -0.15) is 0 Å². The molecular formula is C23H21BrF2N4O4S. The first kappa shape index (κ1) is 25.1. The fourth-order valence-electron chi connectivity index (χ4n) is 3.91. The van der Waals surface area contributed by atoms with Crippen molar-refractivity contribution in [3.05, 3.63) is 74.1 Å². The fraction of sp³-hybridized carbons (Fsp3) is 0.304. The number of amidine groups is 1. The molecule has 2 aliphatic rings. The topological polar surface area (TPSA) is 104 Å². The molecule has 35 heavy (non-hydrogen) atoms. The summed E-state index contributed by atoms with van der Waals surface area (Å²) in [7, 11) is 0. The number of carbonyl (C=O) groups excluding carboxylic acids is 1. The minimum Gasteiger partial charge on any atom is -0.478 e. The van der Waals surface area contributed by atoms with Gasteiger partial charge in [0.15, 0.2) is 10.8 Å². The van der Waals surface area contributed by atoms with E-state index < -0.39 is 36.0 Å². The number of aliphatic carboxylic acids is 1. The van der Waals surface area contributed by atoms with Gasteiger partial charge in [0.05, 0.1) is 18.2 Å². The lowest BCUT2D eigenvalue weighted by Crippen LogP contribution is -2.58. The van der Waals surface area contributed by atoms with Crippen molar-refractivity contribution in [2.45, 2.75) is 25.2 Å². The number of rotatable bonds is 8. The predicted molar refractivity (Wildman–Crippen MR) is 129 cm³/mol. The first-order chi connectivity index (χ1) is 16.8. The second-order valence-corrected chi connectivity index (χ2v) is 9.50. The van der Waals surface area contributed by atoms with Crippen LogP contribution in [0.4, 0.5) is 8.78 Å². The highest BCUT2D eigenvalue weighted by molar-refractivity contribution is 9.10. The standard InChI is InChI=1S/C23H21BrF2N4O4S/c1-2-34-23(33)19-16(11-30-10-15(26)17(30)5-6-18(31)32)28-21(22-27-7-8-35-22)29-20(19)13-4-3-12(25)9-14(13)24/h3-9,15,17,20H,2,10-11H2,1H3,(H,28,29)(H,31,32)/b6-5+. The van der Waals surface area contributed by atoms with Gasteiger partial charge in [0.1, 0.15) is 18.0 Å². The van der Waals surface area contributed by atoms with Crippen LogP contribution in [0.25, 0.3) is 0 Å². The molecule has 2 aromatic rings. The van der Waals surface area contributed by atoms with Crippen molar-refractivity contribution < 1.29 is 28.2 Å². The predicted octanol–water partition coefficient (Wildman–Crippen LogP) is 3.62. The zero-order chi connectivity index (χ0) is 25.1. The number of aromatic nitrogens is 1. The van der Waals surface area contributed by atoms with E-state index in [4.69, 9.17) is 14.8 Å².